The lowest BCUT2D eigenvalue weighted by Gasteiger charge is -2.29. The molecule has 2 rings (SSSR count). The highest BCUT2D eigenvalue weighted by Gasteiger charge is 2.13. The maximum absolute atomic E-state index is 5.71. The standard InChI is InChI=1S/C10H13IN2O/c11-9-7-8(12)1-2-10(9)13-3-5-14-6-4-13/h1-2,7H,3-6,12H2. The summed E-state index contributed by atoms with van der Waals surface area (Å²) in [7, 11) is 0. The van der Waals surface area contributed by atoms with Gasteiger partial charge in [-0.2, -0.15) is 0 Å². The first-order chi connectivity index (χ1) is 6.77. The summed E-state index contributed by atoms with van der Waals surface area (Å²) in [6.07, 6.45) is 0. The first kappa shape index (κ1) is 10.0. The number of nitrogens with two attached hydrogens (primary N) is 1. The molecule has 1 aromatic carbocycles. The minimum atomic E-state index is 0.820. The average Bonchev–Trinajstić information content (AvgIpc) is 2.19. The first-order valence-electron chi connectivity index (χ1n) is 4.65. The van der Waals surface area contributed by atoms with E-state index < -0.39 is 0 Å². The van der Waals surface area contributed by atoms with Gasteiger partial charge >= 0.3 is 0 Å². The molecule has 0 amide bonds. The molecule has 1 aliphatic heterocycles. The van der Waals surface area contributed by atoms with Crippen LogP contribution in [0.1, 0.15) is 0 Å². The lowest BCUT2D eigenvalue weighted by atomic mass is 10.2. The summed E-state index contributed by atoms with van der Waals surface area (Å²) in [4.78, 5) is 2.34. The Labute approximate surface area is 97.4 Å². The Balaban J connectivity index is 2.22. The third-order valence-corrected chi connectivity index (χ3v) is 3.19. The number of hydrogen-bond acceptors (Lipinski definition) is 3. The van der Waals surface area contributed by atoms with Crippen LogP contribution in [-0.4, -0.2) is 26.3 Å². The van der Waals surface area contributed by atoms with Crippen LogP contribution in [0.2, 0.25) is 0 Å². The van der Waals surface area contributed by atoms with Gasteiger partial charge in [0.1, 0.15) is 0 Å². The Bertz CT molecular complexity index is 324. The first-order valence-corrected chi connectivity index (χ1v) is 5.73. The largest absolute Gasteiger partial charge is 0.399 e. The van der Waals surface area contributed by atoms with Crippen molar-refractivity contribution < 1.29 is 4.74 Å². The quantitative estimate of drug-likeness (QED) is 0.634. The maximum Gasteiger partial charge on any atom is 0.0642 e. The van der Waals surface area contributed by atoms with E-state index >= 15 is 0 Å². The number of anilines is 2. The summed E-state index contributed by atoms with van der Waals surface area (Å²) >= 11 is 2.33. The van der Waals surface area contributed by atoms with Gasteiger partial charge in [0.2, 0.25) is 0 Å². The van der Waals surface area contributed by atoms with E-state index in [0.29, 0.717) is 0 Å². The molecule has 0 bridgehead atoms. The van der Waals surface area contributed by atoms with E-state index in [1.807, 2.05) is 12.1 Å². The molecule has 0 unspecified atom stereocenters. The van der Waals surface area contributed by atoms with Crippen molar-refractivity contribution in [3.05, 3.63) is 21.8 Å². The number of halogens is 1. The third kappa shape index (κ3) is 2.12. The normalized spacial score (nSPS) is 17.1. The van der Waals surface area contributed by atoms with Gasteiger partial charge in [-0.05, 0) is 40.8 Å². The summed E-state index contributed by atoms with van der Waals surface area (Å²) in [5.74, 6) is 0. The highest BCUT2D eigenvalue weighted by atomic mass is 127. The Kier molecular flexibility index (Phi) is 3.12. The Hall–Kier alpha value is -0.490. The second kappa shape index (κ2) is 4.35. The molecule has 0 radical (unpaired) electrons. The Morgan fingerprint density at radius 3 is 2.64 bits per heavy atom. The molecule has 2 N–H and O–H groups in total. The van der Waals surface area contributed by atoms with Crippen molar-refractivity contribution in [1.29, 1.82) is 0 Å². The third-order valence-electron chi connectivity index (χ3n) is 2.32. The van der Waals surface area contributed by atoms with Crippen LogP contribution in [0.3, 0.4) is 0 Å². The fourth-order valence-electron chi connectivity index (χ4n) is 1.58. The smallest absolute Gasteiger partial charge is 0.0642 e. The molecule has 4 heteroatoms. The van der Waals surface area contributed by atoms with Crippen molar-refractivity contribution >= 4 is 34.0 Å². The number of morpholine rings is 1. The Morgan fingerprint density at radius 1 is 1.29 bits per heavy atom. The predicted molar refractivity (Wildman–Crippen MR) is 66.6 cm³/mol. The van der Waals surface area contributed by atoms with Crippen LogP contribution in [0.5, 0.6) is 0 Å². The van der Waals surface area contributed by atoms with Crippen molar-refractivity contribution in [2.24, 2.45) is 0 Å². The SMILES string of the molecule is Nc1ccc(N2CCOCC2)c(I)c1. The number of hydrogen-bond donors (Lipinski definition) is 1. The van der Waals surface area contributed by atoms with Crippen LogP contribution in [0, 0.1) is 3.57 Å². The summed E-state index contributed by atoms with van der Waals surface area (Å²) in [5.41, 5.74) is 7.80. The van der Waals surface area contributed by atoms with Crippen molar-refractivity contribution in [2.75, 3.05) is 36.9 Å². The minimum absolute atomic E-state index is 0.820. The molecule has 0 saturated carbocycles. The van der Waals surface area contributed by atoms with Crippen molar-refractivity contribution in [2.45, 2.75) is 0 Å². The molecule has 1 heterocycles. The minimum Gasteiger partial charge on any atom is -0.399 e. The highest BCUT2D eigenvalue weighted by molar-refractivity contribution is 14.1. The van der Waals surface area contributed by atoms with Gasteiger partial charge in [0.25, 0.3) is 0 Å². The molecular formula is C10H13IN2O. The summed E-state index contributed by atoms with van der Waals surface area (Å²) in [5, 5.41) is 0. The molecule has 1 aliphatic rings. The molecule has 3 nitrogen and oxygen atoms in total. The molecule has 0 aliphatic carbocycles. The molecule has 76 valence electrons. The van der Waals surface area contributed by atoms with Crippen molar-refractivity contribution in [1.82, 2.24) is 0 Å². The molecular weight excluding hydrogens is 291 g/mol. The van der Waals surface area contributed by atoms with Crippen LogP contribution >= 0.6 is 22.6 Å². The van der Waals surface area contributed by atoms with E-state index in [2.05, 4.69) is 33.6 Å². The van der Waals surface area contributed by atoms with Gasteiger partial charge in [-0.3, -0.25) is 0 Å². The van der Waals surface area contributed by atoms with Crippen LogP contribution in [-0.2, 0) is 4.74 Å². The van der Waals surface area contributed by atoms with Gasteiger partial charge in [0.05, 0.1) is 18.9 Å². The highest BCUT2D eigenvalue weighted by Crippen LogP contribution is 2.25. The fraction of sp³-hybridized carbons (Fsp3) is 0.400. The fourth-order valence-corrected chi connectivity index (χ4v) is 2.46. The molecule has 1 saturated heterocycles. The number of benzene rings is 1. The average molecular weight is 304 g/mol. The van der Waals surface area contributed by atoms with Crippen LogP contribution in [0.4, 0.5) is 11.4 Å². The van der Waals surface area contributed by atoms with Gasteiger partial charge in [-0.25, -0.2) is 0 Å². The zero-order valence-corrected chi connectivity index (χ0v) is 10.0. The number of rotatable bonds is 1. The zero-order valence-electron chi connectivity index (χ0n) is 7.87. The van der Waals surface area contributed by atoms with E-state index in [1.54, 1.807) is 0 Å². The van der Waals surface area contributed by atoms with Crippen LogP contribution in [0.25, 0.3) is 0 Å². The Morgan fingerprint density at radius 2 is 2.00 bits per heavy atom. The second-order valence-corrected chi connectivity index (χ2v) is 4.47. The molecule has 0 spiro atoms. The topological polar surface area (TPSA) is 38.5 Å². The molecule has 1 aromatic rings. The summed E-state index contributed by atoms with van der Waals surface area (Å²) in [6.45, 7) is 3.58. The zero-order chi connectivity index (χ0) is 9.97. The predicted octanol–water partition coefficient (Wildman–Crippen LogP) is 1.71. The van der Waals surface area contributed by atoms with E-state index in [4.69, 9.17) is 10.5 Å². The van der Waals surface area contributed by atoms with E-state index in [-0.39, 0.29) is 0 Å². The van der Waals surface area contributed by atoms with Gasteiger partial charge in [-0.15, -0.1) is 0 Å². The van der Waals surface area contributed by atoms with Gasteiger partial charge < -0.3 is 15.4 Å². The van der Waals surface area contributed by atoms with Crippen LogP contribution in [0.15, 0.2) is 18.2 Å². The lowest BCUT2D eigenvalue weighted by molar-refractivity contribution is 0.122. The molecule has 0 atom stereocenters. The molecule has 1 fully saturated rings. The monoisotopic (exact) mass is 304 g/mol. The number of ether oxygens (including phenoxy) is 1. The van der Waals surface area contributed by atoms with Gasteiger partial charge in [0.15, 0.2) is 0 Å². The summed E-state index contributed by atoms with van der Waals surface area (Å²) in [6, 6.07) is 6.04. The number of nitrogen functional groups attached to an aromatic ring is 1. The van der Waals surface area contributed by atoms with Crippen molar-refractivity contribution in [3.8, 4) is 0 Å². The maximum atomic E-state index is 5.71. The van der Waals surface area contributed by atoms with E-state index in [0.717, 1.165) is 32.0 Å². The van der Waals surface area contributed by atoms with E-state index in [9.17, 15) is 0 Å². The van der Waals surface area contributed by atoms with E-state index in [1.165, 1.54) is 9.26 Å². The van der Waals surface area contributed by atoms with Crippen molar-refractivity contribution in [3.63, 3.8) is 0 Å². The second-order valence-electron chi connectivity index (χ2n) is 3.31. The van der Waals surface area contributed by atoms with Gasteiger partial charge in [0, 0.05) is 22.3 Å². The lowest BCUT2D eigenvalue weighted by Crippen LogP contribution is -2.36. The molecule has 0 aromatic heterocycles. The summed E-state index contributed by atoms with van der Waals surface area (Å²) < 4.78 is 6.53. The van der Waals surface area contributed by atoms with Crippen LogP contribution < -0.4 is 10.6 Å². The van der Waals surface area contributed by atoms with Gasteiger partial charge in [-0.1, -0.05) is 0 Å². The number of nitrogens with zero attached hydrogens (tertiary/aromatic N) is 1. The molecule has 14 heavy (non-hydrogen) atoms.